The third-order valence-electron chi connectivity index (χ3n) is 1.21. The van der Waals surface area contributed by atoms with Crippen molar-refractivity contribution in [2.75, 3.05) is 0 Å². The molecule has 66 valence electrons. The van der Waals surface area contributed by atoms with Crippen molar-refractivity contribution in [3.8, 4) is 6.07 Å². The summed E-state index contributed by atoms with van der Waals surface area (Å²) in [5, 5.41) is 7.32. The predicted molar refractivity (Wildman–Crippen MR) is 48.5 cm³/mol. The molecule has 0 bridgehead atoms. The van der Waals surface area contributed by atoms with E-state index in [1.807, 2.05) is 0 Å². The Morgan fingerprint density at radius 3 is 1.46 bits per heavy atom. The van der Waals surface area contributed by atoms with Gasteiger partial charge in [0, 0.05) is 18.1 Å². The second kappa shape index (κ2) is 6.74. The Bertz CT molecular complexity index is 282. The molecule has 0 saturated heterocycles. The maximum atomic E-state index is 10.1. The average molecular weight is 175 g/mol. The third kappa shape index (κ3) is 4.49. The molecule has 0 aliphatic carbocycles. The number of benzene rings is 1. The summed E-state index contributed by atoms with van der Waals surface area (Å²) in [7, 11) is 0. The van der Waals surface area contributed by atoms with Gasteiger partial charge in [-0.05, 0) is 0 Å². The summed E-state index contributed by atoms with van der Waals surface area (Å²) < 4.78 is 0. The second-order valence-electron chi connectivity index (χ2n) is 2.13. The van der Waals surface area contributed by atoms with E-state index in [1.165, 1.54) is 6.92 Å². The van der Waals surface area contributed by atoms with Crippen LogP contribution in [0.3, 0.4) is 0 Å². The molecule has 0 aromatic heterocycles. The molecular formula is C10H9NO2. The first kappa shape index (κ1) is 11.1. The van der Waals surface area contributed by atoms with E-state index in [1.54, 1.807) is 30.3 Å². The first-order valence-corrected chi connectivity index (χ1v) is 3.59. The number of carbonyl (C=O) groups excluding carboxylic acids is 2. The standard InChI is InChI=1S/C8H6O2.C2H3N/c9-5-7-1-2-8(6-10)4-3-7;1-2-3/h1-6H;1H3. The van der Waals surface area contributed by atoms with Crippen LogP contribution in [-0.4, -0.2) is 12.6 Å². The molecule has 0 saturated carbocycles. The minimum absolute atomic E-state index is 0.589. The second-order valence-corrected chi connectivity index (χ2v) is 2.13. The van der Waals surface area contributed by atoms with Crippen molar-refractivity contribution < 1.29 is 9.59 Å². The van der Waals surface area contributed by atoms with Crippen LogP contribution in [0.4, 0.5) is 0 Å². The minimum atomic E-state index is 0.589. The van der Waals surface area contributed by atoms with Gasteiger partial charge in [-0.2, -0.15) is 5.26 Å². The molecule has 0 spiro atoms. The summed E-state index contributed by atoms with van der Waals surface area (Å²) in [6, 6.07) is 8.18. The van der Waals surface area contributed by atoms with Crippen LogP contribution < -0.4 is 0 Å². The van der Waals surface area contributed by atoms with Crippen molar-refractivity contribution in [3.05, 3.63) is 35.4 Å². The van der Waals surface area contributed by atoms with Crippen molar-refractivity contribution in [1.82, 2.24) is 0 Å². The number of carbonyl (C=O) groups is 2. The van der Waals surface area contributed by atoms with E-state index in [2.05, 4.69) is 0 Å². The van der Waals surface area contributed by atoms with Gasteiger partial charge < -0.3 is 0 Å². The lowest BCUT2D eigenvalue weighted by molar-refractivity contribution is 0.111. The van der Waals surface area contributed by atoms with Crippen LogP contribution in [0.25, 0.3) is 0 Å². The fraction of sp³-hybridized carbons (Fsp3) is 0.100. The average Bonchev–Trinajstić information content (AvgIpc) is 2.19. The quantitative estimate of drug-likeness (QED) is 0.644. The summed E-state index contributed by atoms with van der Waals surface area (Å²) in [5.74, 6) is 0. The number of hydrogen-bond donors (Lipinski definition) is 0. The normalized spacial score (nSPS) is 7.38. The smallest absolute Gasteiger partial charge is 0.150 e. The number of rotatable bonds is 2. The number of nitriles is 1. The van der Waals surface area contributed by atoms with Crippen LogP contribution >= 0.6 is 0 Å². The van der Waals surface area contributed by atoms with E-state index in [0.717, 1.165) is 12.6 Å². The van der Waals surface area contributed by atoms with Crippen molar-refractivity contribution >= 4 is 12.6 Å². The van der Waals surface area contributed by atoms with Gasteiger partial charge in [-0.15, -0.1) is 0 Å². The van der Waals surface area contributed by atoms with Crippen molar-refractivity contribution in [2.45, 2.75) is 6.92 Å². The van der Waals surface area contributed by atoms with Crippen LogP contribution in [-0.2, 0) is 0 Å². The maximum Gasteiger partial charge on any atom is 0.150 e. The Morgan fingerprint density at radius 2 is 1.31 bits per heavy atom. The van der Waals surface area contributed by atoms with Gasteiger partial charge in [-0.1, -0.05) is 24.3 Å². The van der Waals surface area contributed by atoms with E-state index in [4.69, 9.17) is 5.26 Å². The molecule has 0 amide bonds. The van der Waals surface area contributed by atoms with E-state index in [9.17, 15) is 9.59 Å². The first-order valence-electron chi connectivity index (χ1n) is 3.59. The molecule has 1 aromatic carbocycles. The zero-order chi connectivity index (χ0) is 10.1. The van der Waals surface area contributed by atoms with Gasteiger partial charge in [0.25, 0.3) is 0 Å². The van der Waals surface area contributed by atoms with Crippen molar-refractivity contribution in [3.63, 3.8) is 0 Å². The van der Waals surface area contributed by atoms with Gasteiger partial charge >= 0.3 is 0 Å². The summed E-state index contributed by atoms with van der Waals surface area (Å²) in [6.45, 7) is 1.43. The van der Waals surface area contributed by atoms with Crippen molar-refractivity contribution in [1.29, 1.82) is 5.26 Å². The molecule has 3 heteroatoms. The summed E-state index contributed by atoms with van der Waals surface area (Å²) in [6.07, 6.45) is 1.49. The zero-order valence-corrected chi connectivity index (χ0v) is 7.23. The highest BCUT2D eigenvalue weighted by Crippen LogP contribution is 1.98. The fourth-order valence-corrected chi connectivity index (χ4v) is 0.653. The van der Waals surface area contributed by atoms with E-state index in [-0.39, 0.29) is 0 Å². The monoisotopic (exact) mass is 175 g/mol. The van der Waals surface area contributed by atoms with Crippen LogP contribution in [0.2, 0.25) is 0 Å². The molecule has 0 N–H and O–H groups in total. The molecule has 0 aliphatic heterocycles. The number of hydrogen-bond acceptors (Lipinski definition) is 3. The Kier molecular flexibility index (Phi) is 5.73. The van der Waals surface area contributed by atoms with Crippen molar-refractivity contribution in [2.24, 2.45) is 0 Å². The highest BCUT2D eigenvalue weighted by Gasteiger charge is 1.88. The van der Waals surface area contributed by atoms with Gasteiger partial charge in [0.2, 0.25) is 0 Å². The largest absolute Gasteiger partial charge is 0.298 e. The molecule has 0 heterocycles. The highest BCUT2D eigenvalue weighted by molar-refractivity contribution is 5.79. The zero-order valence-electron chi connectivity index (χ0n) is 7.23. The molecule has 13 heavy (non-hydrogen) atoms. The lowest BCUT2D eigenvalue weighted by Crippen LogP contribution is -1.81. The maximum absolute atomic E-state index is 10.1. The van der Waals surface area contributed by atoms with E-state index in [0.29, 0.717) is 11.1 Å². The Morgan fingerprint density at radius 1 is 1.08 bits per heavy atom. The molecule has 1 rings (SSSR count). The van der Waals surface area contributed by atoms with E-state index < -0.39 is 0 Å². The van der Waals surface area contributed by atoms with E-state index >= 15 is 0 Å². The van der Waals surface area contributed by atoms with Crippen LogP contribution in [0.1, 0.15) is 27.6 Å². The van der Waals surface area contributed by atoms with Gasteiger partial charge in [-0.25, -0.2) is 0 Å². The Hall–Kier alpha value is -1.95. The molecule has 3 nitrogen and oxygen atoms in total. The predicted octanol–water partition coefficient (Wildman–Crippen LogP) is 1.84. The number of aldehydes is 2. The fourth-order valence-electron chi connectivity index (χ4n) is 0.653. The van der Waals surface area contributed by atoms with Crippen LogP contribution in [0, 0.1) is 11.3 Å². The topological polar surface area (TPSA) is 57.9 Å². The number of nitrogens with zero attached hydrogens (tertiary/aromatic N) is 1. The first-order chi connectivity index (χ1) is 6.28. The van der Waals surface area contributed by atoms with Crippen LogP contribution in [0.5, 0.6) is 0 Å². The lowest BCUT2D eigenvalue weighted by Gasteiger charge is -1.88. The summed E-state index contributed by atoms with van der Waals surface area (Å²) >= 11 is 0. The SMILES string of the molecule is CC#N.O=Cc1ccc(C=O)cc1. The molecule has 1 aromatic rings. The minimum Gasteiger partial charge on any atom is -0.298 e. The Labute approximate surface area is 76.6 Å². The van der Waals surface area contributed by atoms with Crippen LogP contribution in [0.15, 0.2) is 24.3 Å². The Balaban J connectivity index is 0.000000424. The summed E-state index contributed by atoms with van der Waals surface area (Å²) in [5.41, 5.74) is 1.18. The molecule has 0 fully saturated rings. The summed E-state index contributed by atoms with van der Waals surface area (Å²) in [4.78, 5) is 20.2. The lowest BCUT2D eigenvalue weighted by atomic mass is 10.2. The van der Waals surface area contributed by atoms with Gasteiger partial charge in [0.05, 0.1) is 6.07 Å². The molecule has 0 atom stereocenters. The third-order valence-corrected chi connectivity index (χ3v) is 1.21. The highest BCUT2D eigenvalue weighted by atomic mass is 16.1. The van der Waals surface area contributed by atoms with Gasteiger partial charge in [0.15, 0.2) is 0 Å². The van der Waals surface area contributed by atoms with Gasteiger partial charge in [-0.3, -0.25) is 9.59 Å². The molecular weight excluding hydrogens is 166 g/mol. The molecule has 0 radical (unpaired) electrons. The van der Waals surface area contributed by atoms with Gasteiger partial charge in [0.1, 0.15) is 12.6 Å². The molecule has 0 aliphatic rings. The molecule has 0 unspecified atom stereocenters.